The standard InChI is InChI=1S/C17H31NO3/c1-13-4-3-5-15(12-13)14(2)18-17(19)8-11-21-16-6-9-20-10-7-16/h13-16H,3-12H2,1-2H3,(H,18,19)/t13-,14-,15-/m1/s1. The third-order valence-corrected chi connectivity index (χ3v) is 4.92. The SMILES string of the molecule is C[C@@H]1CCC[C@@H]([C@@H](C)NC(=O)CCOC2CCOCC2)C1. The van der Waals surface area contributed by atoms with Gasteiger partial charge in [0.25, 0.3) is 0 Å². The number of nitrogens with one attached hydrogen (secondary N) is 1. The highest BCUT2D eigenvalue weighted by atomic mass is 16.5. The summed E-state index contributed by atoms with van der Waals surface area (Å²) in [4.78, 5) is 12.0. The molecule has 0 aromatic rings. The van der Waals surface area contributed by atoms with Crippen LogP contribution < -0.4 is 5.32 Å². The van der Waals surface area contributed by atoms with Crippen LogP contribution in [-0.4, -0.2) is 37.9 Å². The van der Waals surface area contributed by atoms with Crippen molar-refractivity contribution in [1.29, 1.82) is 0 Å². The first-order chi connectivity index (χ1) is 10.1. The molecule has 21 heavy (non-hydrogen) atoms. The van der Waals surface area contributed by atoms with Crippen molar-refractivity contribution in [2.24, 2.45) is 11.8 Å². The normalized spacial score (nSPS) is 29.0. The Hall–Kier alpha value is -0.610. The van der Waals surface area contributed by atoms with E-state index < -0.39 is 0 Å². The lowest BCUT2D eigenvalue weighted by Gasteiger charge is -2.31. The lowest BCUT2D eigenvalue weighted by Crippen LogP contribution is -2.40. The Bertz CT molecular complexity index is 315. The third kappa shape index (κ3) is 5.95. The van der Waals surface area contributed by atoms with E-state index in [9.17, 15) is 4.79 Å². The highest BCUT2D eigenvalue weighted by molar-refractivity contribution is 5.76. The monoisotopic (exact) mass is 297 g/mol. The number of carbonyl (C=O) groups is 1. The molecule has 2 aliphatic rings. The van der Waals surface area contributed by atoms with E-state index in [0.29, 0.717) is 25.0 Å². The molecule has 1 heterocycles. The minimum Gasteiger partial charge on any atom is -0.381 e. The summed E-state index contributed by atoms with van der Waals surface area (Å²) in [7, 11) is 0. The summed E-state index contributed by atoms with van der Waals surface area (Å²) in [6.45, 7) is 6.58. The molecular weight excluding hydrogens is 266 g/mol. The lowest BCUT2D eigenvalue weighted by molar-refractivity contribution is -0.124. The molecule has 1 aliphatic heterocycles. The highest BCUT2D eigenvalue weighted by Gasteiger charge is 2.24. The summed E-state index contributed by atoms with van der Waals surface area (Å²) < 4.78 is 11.1. The Morgan fingerprint density at radius 1 is 1.29 bits per heavy atom. The largest absolute Gasteiger partial charge is 0.381 e. The van der Waals surface area contributed by atoms with Crippen molar-refractivity contribution in [2.75, 3.05) is 19.8 Å². The number of amides is 1. The topological polar surface area (TPSA) is 47.6 Å². The van der Waals surface area contributed by atoms with Crippen molar-refractivity contribution in [2.45, 2.75) is 70.9 Å². The fourth-order valence-corrected chi connectivity index (χ4v) is 3.54. The molecule has 0 aromatic carbocycles. The van der Waals surface area contributed by atoms with E-state index in [1.807, 2.05) is 0 Å². The van der Waals surface area contributed by atoms with Crippen molar-refractivity contribution < 1.29 is 14.3 Å². The molecule has 3 atom stereocenters. The summed E-state index contributed by atoms with van der Waals surface area (Å²) in [6.07, 6.45) is 7.82. The van der Waals surface area contributed by atoms with Crippen LogP contribution >= 0.6 is 0 Å². The van der Waals surface area contributed by atoms with Crippen molar-refractivity contribution in [3.63, 3.8) is 0 Å². The van der Waals surface area contributed by atoms with E-state index in [1.54, 1.807) is 0 Å². The van der Waals surface area contributed by atoms with Crippen molar-refractivity contribution >= 4 is 5.91 Å². The van der Waals surface area contributed by atoms with Gasteiger partial charge < -0.3 is 14.8 Å². The Morgan fingerprint density at radius 3 is 2.76 bits per heavy atom. The molecular formula is C17H31NO3. The van der Waals surface area contributed by atoms with Crippen LogP contribution in [0.3, 0.4) is 0 Å². The number of hydrogen-bond donors (Lipinski definition) is 1. The molecule has 1 N–H and O–H groups in total. The second-order valence-corrected chi connectivity index (χ2v) is 6.82. The molecule has 1 aliphatic carbocycles. The zero-order valence-corrected chi connectivity index (χ0v) is 13.6. The summed E-state index contributed by atoms with van der Waals surface area (Å²) in [5, 5.41) is 3.16. The van der Waals surface area contributed by atoms with E-state index in [2.05, 4.69) is 19.2 Å². The van der Waals surface area contributed by atoms with Gasteiger partial charge in [-0.1, -0.05) is 19.8 Å². The molecule has 0 spiro atoms. The van der Waals surface area contributed by atoms with Gasteiger partial charge in [-0.15, -0.1) is 0 Å². The summed E-state index contributed by atoms with van der Waals surface area (Å²) >= 11 is 0. The minimum absolute atomic E-state index is 0.132. The lowest BCUT2D eigenvalue weighted by atomic mass is 9.79. The van der Waals surface area contributed by atoms with Crippen LogP contribution in [0.15, 0.2) is 0 Å². The van der Waals surface area contributed by atoms with E-state index >= 15 is 0 Å². The molecule has 122 valence electrons. The zero-order valence-electron chi connectivity index (χ0n) is 13.6. The number of hydrogen-bond acceptors (Lipinski definition) is 3. The van der Waals surface area contributed by atoms with Crippen LogP contribution in [0.25, 0.3) is 0 Å². The molecule has 0 aromatic heterocycles. The second kappa shape index (κ2) is 8.74. The van der Waals surface area contributed by atoms with Gasteiger partial charge >= 0.3 is 0 Å². The average molecular weight is 297 g/mol. The van der Waals surface area contributed by atoms with Gasteiger partial charge in [-0.3, -0.25) is 4.79 Å². The number of ether oxygens (including phenoxy) is 2. The molecule has 0 unspecified atom stereocenters. The predicted octanol–water partition coefficient (Wildman–Crippen LogP) is 2.90. The van der Waals surface area contributed by atoms with Crippen molar-refractivity contribution in [3.05, 3.63) is 0 Å². The van der Waals surface area contributed by atoms with Crippen LogP contribution in [0.2, 0.25) is 0 Å². The van der Waals surface area contributed by atoms with E-state index in [4.69, 9.17) is 9.47 Å². The van der Waals surface area contributed by atoms with Gasteiger partial charge in [0.2, 0.25) is 5.91 Å². The molecule has 4 nitrogen and oxygen atoms in total. The number of rotatable bonds is 6. The van der Waals surface area contributed by atoms with Crippen LogP contribution in [0.1, 0.15) is 58.8 Å². The van der Waals surface area contributed by atoms with E-state index in [0.717, 1.165) is 32.0 Å². The minimum atomic E-state index is 0.132. The van der Waals surface area contributed by atoms with Gasteiger partial charge in [0.05, 0.1) is 12.7 Å². The van der Waals surface area contributed by atoms with Crippen molar-refractivity contribution in [1.82, 2.24) is 5.32 Å². The molecule has 2 fully saturated rings. The molecule has 2 rings (SSSR count). The molecule has 1 amide bonds. The quantitative estimate of drug-likeness (QED) is 0.820. The summed E-state index contributed by atoms with van der Waals surface area (Å²) in [6, 6.07) is 0.295. The smallest absolute Gasteiger partial charge is 0.222 e. The first-order valence-corrected chi connectivity index (χ1v) is 8.64. The Kier molecular flexibility index (Phi) is 6.97. The predicted molar refractivity (Wildman–Crippen MR) is 83.1 cm³/mol. The molecule has 0 bridgehead atoms. The van der Waals surface area contributed by atoms with Crippen molar-refractivity contribution in [3.8, 4) is 0 Å². The molecule has 1 saturated heterocycles. The van der Waals surface area contributed by atoms with Crippen LogP contribution in [0.5, 0.6) is 0 Å². The Balaban J connectivity index is 1.59. The number of carbonyl (C=O) groups excluding carboxylic acids is 1. The van der Waals surface area contributed by atoms with Gasteiger partial charge in [-0.05, 0) is 44.4 Å². The average Bonchev–Trinajstić information content (AvgIpc) is 2.48. The molecule has 1 saturated carbocycles. The maximum atomic E-state index is 12.0. The van der Waals surface area contributed by atoms with Gasteiger partial charge in [0.1, 0.15) is 0 Å². The van der Waals surface area contributed by atoms with Gasteiger partial charge in [-0.25, -0.2) is 0 Å². The summed E-state index contributed by atoms with van der Waals surface area (Å²) in [5.41, 5.74) is 0. The van der Waals surface area contributed by atoms with E-state index in [-0.39, 0.29) is 12.0 Å². The molecule has 4 heteroatoms. The first-order valence-electron chi connectivity index (χ1n) is 8.64. The van der Waals surface area contributed by atoms with Gasteiger partial charge in [0.15, 0.2) is 0 Å². The Labute approximate surface area is 129 Å². The second-order valence-electron chi connectivity index (χ2n) is 6.82. The maximum Gasteiger partial charge on any atom is 0.222 e. The third-order valence-electron chi connectivity index (χ3n) is 4.92. The van der Waals surface area contributed by atoms with E-state index in [1.165, 1.54) is 25.7 Å². The van der Waals surface area contributed by atoms with Crippen LogP contribution in [0, 0.1) is 11.8 Å². The highest BCUT2D eigenvalue weighted by Crippen LogP contribution is 2.30. The summed E-state index contributed by atoms with van der Waals surface area (Å²) in [5.74, 6) is 1.59. The zero-order chi connectivity index (χ0) is 15.1. The van der Waals surface area contributed by atoms with Gasteiger partial charge in [0, 0.05) is 25.7 Å². The fraction of sp³-hybridized carbons (Fsp3) is 0.941. The fourth-order valence-electron chi connectivity index (χ4n) is 3.54. The van der Waals surface area contributed by atoms with Crippen LogP contribution in [-0.2, 0) is 14.3 Å². The van der Waals surface area contributed by atoms with Gasteiger partial charge in [-0.2, -0.15) is 0 Å². The first kappa shape index (κ1) is 16.8. The maximum absolute atomic E-state index is 12.0. The Morgan fingerprint density at radius 2 is 2.05 bits per heavy atom. The van der Waals surface area contributed by atoms with Crippen LogP contribution in [0.4, 0.5) is 0 Å². The molecule has 0 radical (unpaired) electrons.